The number of nitrogens with zero attached hydrogens (tertiary/aromatic N) is 5. The lowest BCUT2D eigenvalue weighted by Crippen LogP contribution is -1.96. The Hall–Kier alpha value is -5.03. The molecule has 0 fully saturated rings. The molecule has 5 nitrogen and oxygen atoms in total. The maximum absolute atomic E-state index is 4.96. The minimum atomic E-state index is 0.784. The molecule has 5 aromatic heterocycles. The second kappa shape index (κ2) is 9.68. The van der Waals surface area contributed by atoms with E-state index in [1.165, 1.54) is 0 Å². The molecule has 5 heteroatoms. The first kappa shape index (κ1) is 21.5. The van der Waals surface area contributed by atoms with Crippen molar-refractivity contribution < 1.29 is 0 Å². The number of aromatic nitrogens is 5. The summed E-state index contributed by atoms with van der Waals surface area (Å²) in [4.78, 5) is 23.5. The fourth-order valence-corrected chi connectivity index (χ4v) is 4.09. The molecule has 0 aliphatic rings. The highest BCUT2D eigenvalue weighted by atomic mass is 14.8. The minimum Gasteiger partial charge on any atom is -0.255 e. The highest BCUT2D eigenvalue weighted by Crippen LogP contribution is 2.33. The predicted octanol–water partition coefficient (Wildman–Crippen LogP) is 7.00. The van der Waals surface area contributed by atoms with E-state index >= 15 is 0 Å². The molecule has 0 N–H and O–H groups in total. The Kier molecular flexibility index (Phi) is 5.78. The maximum Gasteiger partial charge on any atom is 0.0900 e. The van der Waals surface area contributed by atoms with Gasteiger partial charge in [-0.15, -0.1) is 0 Å². The fourth-order valence-electron chi connectivity index (χ4n) is 4.09. The predicted molar refractivity (Wildman–Crippen MR) is 143 cm³/mol. The summed E-state index contributed by atoms with van der Waals surface area (Å²) >= 11 is 0. The third-order valence-electron chi connectivity index (χ3n) is 5.84. The van der Waals surface area contributed by atoms with Gasteiger partial charge in [-0.25, -0.2) is 9.97 Å². The van der Waals surface area contributed by atoms with E-state index in [1.54, 1.807) is 18.6 Å². The van der Waals surface area contributed by atoms with Gasteiger partial charge in [-0.1, -0.05) is 48.5 Å². The zero-order valence-corrected chi connectivity index (χ0v) is 19.4. The van der Waals surface area contributed by atoms with Gasteiger partial charge in [0.25, 0.3) is 0 Å². The van der Waals surface area contributed by atoms with Gasteiger partial charge >= 0.3 is 0 Å². The third kappa shape index (κ3) is 4.50. The van der Waals surface area contributed by atoms with E-state index in [-0.39, 0.29) is 0 Å². The van der Waals surface area contributed by atoms with E-state index in [2.05, 4.69) is 51.4 Å². The molecule has 0 saturated heterocycles. The van der Waals surface area contributed by atoms with E-state index in [4.69, 9.17) is 9.97 Å². The standard InChI is InChI=1S/C31H21N5/c1-2-10-22(11-3-1)28-18-23(19-29(35-28)25-12-4-7-15-32-25)24-20-30(26-13-5-8-16-33-26)36-31(21-24)27-14-6-9-17-34-27/h1-21H. The minimum absolute atomic E-state index is 0.784. The first-order chi connectivity index (χ1) is 17.8. The third-order valence-corrected chi connectivity index (χ3v) is 5.84. The fraction of sp³-hybridized carbons (Fsp3) is 0. The van der Waals surface area contributed by atoms with Gasteiger partial charge in [-0.3, -0.25) is 15.0 Å². The summed E-state index contributed by atoms with van der Waals surface area (Å²) in [5, 5.41) is 0. The number of benzene rings is 1. The molecular weight excluding hydrogens is 442 g/mol. The summed E-state index contributed by atoms with van der Waals surface area (Å²) in [5.74, 6) is 0. The molecule has 0 radical (unpaired) electrons. The van der Waals surface area contributed by atoms with Gasteiger partial charge in [0.1, 0.15) is 0 Å². The second-order valence-corrected chi connectivity index (χ2v) is 8.26. The van der Waals surface area contributed by atoms with Crippen LogP contribution < -0.4 is 0 Å². The van der Waals surface area contributed by atoms with Crippen LogP contribution in [0, 0.1) is 0 Å². The molecule has 0 aliphatic heterocycles. The van der Waals surface area contributed by atoms with Crippen LogP contribution in [0.4, 0.5) is 0 Å². The van der Waals surface area contributed by atoms with E-state index in [9.17, 15) is 0 Å². The van der Waals surface area contributed by atoms with Crippen molar-refractivity contribution in [1.29, 1.82) is 0 Å². The summed E-state index contributed by atoms with van der Waals surface area (Å²) in [7, 11) is 0. The van der Waals surface area contributed by atoms with Crippen LogP contribution >= 0.6 is 0 Å². The number of rotatable bonds is 5. The van der Waals surface area contributed by atoms with Crippen LogP contribution in [0.1, 0.15) is 0 Å². The quantitative estimate of drug-likeness (QED) is 0.275. The molecular formula is C31H21N5. The zero-order chi connectivity index (χ0) is 24.2. The first-order valence-electron chi connectivity index (χ1n) is 11.7. The molecule has 6 aromatic rings. The lowest BCUT2D eigenvalue weighted by atomic mass is 9.99. The monoisotopic (exact) mass is 463 g/mol. The van der Waals surface area contributed by atoms with Crippen molar-refractivity contribution in [3.05, 3.63) is 128 Å². The van der Waals surface area contributed by atoms with Crippen LogP contribution in [0.15, 0.2) is 128 Å². The highest BCUT2D eigenvalue weighted by molar-refractivity contribution is 5.80. The normalized spacial score (nSPS) is 10.8. The number of hydrogen-bond acceptors (Lipinski definition) is 5. The maximum atomic E-state index is 4.96. The van der Waals surface area contributed by atoms with Crippen LogP contribution in [0.2, 0.25) is 0 Å². The van der Waals surface area contributed by atoms with Gasteiger partial charge in [0.2, 0.25) is 0 Å². The molecule has 36 heavy (non-hydrogen) atoms. The van der Waals surface area contributed by atoms with Gasteiger partial charge in [-0.05, 0) is 71.8 Å². The Morgan fingerprint density at radius 1 is 0.306 bits per heavy atom. The van der Waals surface area contributed by atoms with E-state index in [0.29, 0.717) is 0 Å². The molecule has 0 spiro atoms. The van der Waals surface area contributed by atoms with Crippen molar-refractivity contribution in [2.75, 3.05) is 0 Å². The smallest absolute Gasteiger partial charge is 0.0900 e. The lowest BCUT2D eigenvalue weighted by molar-refractivity contribution is 1.22. The SMILES string of the molecule is c1ccc(-c2cc(-c3cc(-c4ccccn4)nc(-c4ccccn4)c3)cc(-c3ccccn3)n2)cc1. The summed E-state index contributed by atoms with van der Waals surface area (Å²) in [6, 6.07) is 36.1. The van der Waals surface area contributed by atoms with Gasteiger partial charge in [-0.2, -0.15) is 0 Å². The van der Waals surface area contributed by atoms with E-state index < -0.39 is 0 Å². The van der Waals surface area contributed by atoms with Crippen molar-refractivity contribution in [2.45, 2.75) is 0 Å². The zero-order valence-electron chi connectivity index (χ0n) is 19.4. The molecule has 6 rings (SSSR count). The molecule has 0 atom stereocenters. The summed E-state index contributed by atoms with van der Waals surface area (Å²) in [6.07, 6.45) is 5.35. The molecule has 170 valence electrons. The van der Waals surface area contributed by atoms with Gasteiger partial charge in [0.15, 0.2) is 0 Å². The average Bonchev–Trinajstić information content (AvgIpc) is 2.98. The molecule has 0 amide bonds. The van der Waals surface area contributed by atoms with Crippen molar-refractivity contribution >= 4 is 0 Å². The topological polar surface area (TPSA) is 64.5 Å². The Labute approximate surface area is 209 Å². The Morgan fingerprint density at radius 3 is 1.11 bits per heavy atom. The van der Waals surface area contributed by atoms with E-state index in [0.717, 1.165) is 56.5 Å². The summed E-state index contributed by atoms with van der Waals surface area (Å²) < 4.78 is 0. The van der Waals surface area contributed by atoms with Crippen molar-refractivity contribution in [3.63, 3.8) is 0 Å². The molecule has 0 aliphatic carbocycles. The molecule has 5 heterocycles. The number of pyridine rings is 5. The van der Waals surface area contributed by atoms with Gasteiger partial charge < -0.3 is 0 Å². The largest absolute Gasteiger partial charge is 0.255 e. The van der Waals surface area contributed by atoms with Crippen molar-refractivity contribution in [1.82, 2.24) is 24.9 Å². The highest BCUT2D eigenvalue weighted by Gasteiger charge is 2.14. The molecule has 0 unspecified atom stereocenters. The van der Waals surface area contributed by atoms with Crippen molar-refractivity contribution in [2.24, 2.45) is 0 Å². The molecule has 0 bridgehead atoms. The van der Waals surface area contributed by atoms with Crippen LogP contribution in [0.3, 0.4) is 0 Å². The van der Waals surface area contributed by atoms with E-state index in [1.807, 2.05) is 72.8 Å². The Balaban J connectivity index is 1.58. The van der Waals surface area contributed by atoms with Crippen LogP contribution in [-0.2, 0) is 0 Å². The van der Waals surface area contributed by atoms with Gasteiger partial charge in [0, 0.05) is 24.2 Å². The lowest BCUT2D eigenvalue weighted by Gasteiger charge is -2.12. The first-order valence-corrected chi connectivity index (χ1v) is 11.7. The van der Waals surface area contributed by atoms with Crippen LogP contribution in [-0.4, -0.2) is 24.9 Å². The molecule has 0 saturated carbocycles. The van der Waals surface area contributed by atoms with Crippen LogP contribution in [0.5, 0.6) is 0 Å². The molecule has 1 aromatic carbocycles. The number of hydrogen-bond donors (Lipinski definition) is 0. The summed E-state index contributed by atoms with van der Waals surface area (Å²) in [6.45, 7) is 0. The average molecular weight is 464 g/mol. The van der Waals surface area contributed by atoms with Crippen LogP contribution in [0.25, 0.3) is 56.5 Å². The van der Waals surface area contributed by atoms with Gasteiger partial charge in [0.05, 0.1) is 39.9 Å². The Morgan fingerprint density at radius 2 is 0.694 bits per heavy atom. The Bertz CT molecular complexity index is 1360. The summed E-state index contributed by atoms with van der Waals surface area (Å²) in [5.41, 5.74) is 8.74. The van der Waals surface area contributed by atoms with Crippen molar-refractivity contribution in [3.8, 4) is 56.5 Å². The second-order valence-electron chi connectivity index (χ2n) is 8.26.